The van der Waals surface area contributed by atoms with Crippen LogP contribution in [0.25, 0.3) is 0 Å². The van der Waals surface area contributed by atoms with Crippen molar-refractivity contribution in [3.63, 3.8) is 0 Å². The zero-order valence-electron chi connectivity index (χ0n) is 10.1. The lowest BCUT2D eigenvalue weighted by atomic mass is 10.1. The van der Waals surface area contributed by atoms with Gasteiger partial charge in [-0.2, -0.15) is 0 Å². The first kappa shape index (κ1) is 12.9. The number of anilines is 1. The Balaban J connectivity index is 1.96. The molecule has 6 nitrogen and oxygen atoms in total. The molecule has 1 aromatic heterocycles. The van der Waals surface area contributed by atoms with Gasteiger partial charge in [-0.25, -0.2) is 14.8 Å². The first-order valence-electron chi connectivity index (χ1n) is 5.79. The molecule has 2 rings (SSSR count). The van der Waals surface area contributed by atoms with Crippen molar-refractivity contribution in [2.75, 3.05) is 18.4 Å². The monoisotopic (exact) mass is 270 g/mol. The van der Waals surface area contributed by atoms with E-state index < -0.39 is 6.09 Å². The number of aromatic nitrogens is 2. The normalized spacial score (nSPS) is 16.7. The van der Waals surface area contributed by atoms with Crippen LogP contribution in [0.1, 0.15) is 18.4 Å². The fraction of sp³-hybridized carbons (Fsp3) is 0.545. The van der Waals surface area contributed by atoms with Gasteiger partial charge in [0.2, 0.25) is 0 Å². The van der Waals surface area contributed by atoms with E-state index in [1.165, 1.54) is 11.2 Å². The maximum Gasteiger partial charge on any atom is 0.407 e. The van der Waals surface area contributed by atoms with Crippen molar-refractivity contribution in [2.45, 2.75) is 25.8 Å². The van der Waals surface area contributed by atoms with Crippen molar-refractivity contribution in [2.24, 2.45) is 0 Å². The highest BCUT2D eigenvalue weighted by molar-refractivity contribution is 6.30. The van der Waals surface area contributed by atoms with Crippen molar-refractivity contribution in [1.82, 2.24) is 14.9 Å². The molecule has 0 saturated carbocycles. The molecule has 2 N–H and O–H groups in total. The topological polar surface area (TPSA) is 78.4 Å². The lowest BCUT2D eigenvalue weighted by Crippen LogP contribution is -2.41. The van der Waals surface area contributed by atoms with E-state index in [-0.39, 0.29) is 6.04 Å². The maximum atomic E-state index is 10.8. The molecule has 0 atom stereocenters. The highest BCUT2D eigenvalue weighted by atomic mass is 35.5. The van der Waals surface area contributed by atoms with E-state index in [0.29, 0.717) is 18.2 Å². The average molecular weight is 271 g/mol. The fourth-order valence-corrected chi connectivity index (χ4v) is 2.12. The zero-order valence-corrected chi connectivity index (χ0v) is 10.8. The molecular formula is C11H15ClN4O2. The van der Waals surface area contributed by atoms with Crippen molar-refractivity contribution in [3.05, 3.63) is 17.0 Å². The molecule has 0 bridgehead atoms. The fourth-order valence-electron chi connectivity index (χ4n) is 1.98. The van der Waals surface area contributed by atoms with Gasteiger partial charge in [0.05, 0.1) is 0 Å². The molecule has 18 heavy (non-hydrogen) atoms. The number of carboxylic acid groups (broad SMARTS) is 1. The average Bonchev–Trinajstić information content (AvgIpc) is 2.36. The number of likely N-dealkylation sites (tertiary alicyclic amines) is 1. The Kier molecular flexibility index (Phi) is 3.86. The van der Waals surface area contributed by atoms with Crippen molar-refractivity contribution >= 4 is 23.5 Å². The Morgan fingerprint density at radius 2 is 2.17 bits per heavy atom. The van der Waals surface area contributed by atoms with E-state index >= 15 is 0 Å². The number of rotatable bonds is 2. The number of piperidine rings is 1. The number of hydrogen-bond acceptors (Lipinski definition) is 4. The van der Waals surface area contributed by atoms with E-state index in [0.717, 1.165) is 24.2 Å². The molecule has 7 heteroatoms. The number of carbonyl (C=O) groups is 1. The molecule has 1 saturated heterocycles. The molecule has 1 aromatic rings. The first-order chi connectivity index (χ1) is 8.58. The molecule has 0 spiro atoms. The number of amides is 1. The lowest BCUT2D eigenvalue weighted by molar-refractivity contribution is 0.133. The lowest BCUT2D eigenvalue weighted by Gasteiger charge is -2.31. The number of halogens is 1. The van der Waals surface area contributed by atoms with Gasteiger partial charge in [0, 0.05) is 24.7 Å². The second kappa shape index (κ2) is 5.39. The van der Waals surface area contributed by atoms with Crippen LogP contribution in [0.3, 0.4) is 0 Å². The molecule has 1 amide bonds. The summed E-state index contributed by atoms with van der Waals surface area (Å²) in [4.78, 5) is 20.3. The minimum atomic E-state index is -0.852. The van der Waals surface area contributed by atoms with Gasteiger partial charge in [0.25, 0.3) is 0 Å². The van der Waals surface area contributed by atoms with E-state index in [1.807, 2.05) is 6.92 Å². The first-order valence-corrected chi connectivity index (χ1v) is 6.17. The minimum absolute atomic E-state index is 0.227. The smallest absolute Gasteiger partial charge is 0.407 e. The van der Waals surface area contributed by atoms with Crippen LogP contribution in [0.15, 0.2) is 6.33 Å². The summed E-state index contributed by atoms with van der Waals surface area (Å²) in [6, 6.07) is 0.227. The Hall–Kier alpha value is -1.56. The van der Waals surface area contributed by atoms with Crippen LogP contribution >= 0.6 is 11.6 Å². The van der Waals surface area contributed by atoms with E-state index in [4.69, 9.17) is 16.7 Å². The highest BCUT2D eigenvalue weighted by Crippen LogP contribution is 2.21. The molecule has 1 aliphatic rings. The number of hydrogen-bond donors (Lipinski definition) is 2. The van der Waals surface area contributed by atoms with Crippen LogP contribution in [0.4, 0.5) is 10.6 Å². The number of nitrogens with zero attached hydrogens (tertiary/aromatic N) is 3. The van der Waals surface area contributed by atoms with Crippen LogP contribution in [0.2, 0.25) is 5.15 Å². The summed E-state index contributed by atoms with van der Waals surface area (Å²) in [5.41, 5.74) is 0.819. The summed E-state index contributed by atoms with van der Waals surface area (Å²) < 4.78 is 0. The molecule has 1 fully saturated rings. The van der Waals surface area contributed by atoms with E-state index in [2.05, 4.69) is 15.3 Å². The van der Waals surface area contributed by atoms with Crippen LogP contribution in [0, 0.1) is 6.92 Å². The molecule has 98 valence electrons. The highest BCUT2D eigenvalue weighted by Gasteiger charge is 2.22. The Morgan fingerprint density at radius 3 is 2.78 bits per heavy atom. The summed E-state index contributed by atoms with van der Waals surface area (Å²) in [6.07, 6.45) is 2.11. The Morgan fingerprint density at radius 1 is 1.50 bits per heavy atom. The summed E-state index contributed by atoms with van der Waals surface area (Å²) in [5, 5.41) is 12.6. The SMILES string of the molecule is Cc1c(Cl)ncnc1NC1CCN(C(=O)O)CC1. The van der Waals surface area contributed by atoms with Gasteiger partial charge in [0.15, 0.2) is 0 Å². The van der Waals surface area contributed by atoms with Gasteiger partial charge in [0.1, 0.15) is 17.3 Å². The second-order valence-electron chi connectivity index (χ2n) is 4.33. The summed E-state index contributed by atoms with van der Waals surface area (Å²) in [5.74, 6) is 0.726. The van der Waals surface area contributed by atoms with Gasteiger partial charge in [-0.15, -0.1) is 0 Å². The summed E-state index contributed by atoms with van der Waals surface area (Å²) >= 11 is 5.92. The Labute approximate surface area is 110 Å². The largest absolute Gasteiger partial charge is 0.465 e. The van der Waals surface area contributed by atoms with Crippen LogP contribution in [0.5, 0.6) is 0 Å². The molecule has 1 aliphatic heterocycles. The van der Waals surface area contributed by atoms with Crippen LogP contribution < -0.4 is 5.32 Å². The number of nitrogens with one attached hydrogen (secondary N) is 1. The molecule has 2 heterocycles. The van der Waals surface area contributed by atoms with Gasteiger partial charge < -0.3 is 15.3 Å². The van der Waals surface area contributed by atoms with Crippen molar-refractivity contribution < 1.29 is 9.90 Å². The third-order valence-electron chi connectivity index (χ3n) is 3.13. The summed E-state index contributed by atoms with van der Waals surface area (Å²) in [6.45, 7) is 2.95. The van der Waals surface area contributed by atoms with Gasteiger partial charge in [-0.1, -0.05) is 11.6 Å². The summed E-state index contributed by atoms with van der Waals surface area (Å²) in [7, 11) is 0. The zero-order chi connectivity index (χ0) is 13.1. The van der Waals surface area contributed by atoms with Crippen LogP contribution in [-0.2, 0) is 0 Å². The Bertz CT molecular complexity index is 447. The van der Waals surface area contributed by atoms with Gasteiger partial charge in [-0.3, -0.25) is 0 Å². The maximum absolute atomic E-state index is 10.8. The predicted molar refractivity (Wildman–Crippen MR) is 68.0 cm³/mol. The van der Waals surface area contributed by atoms with Crippen LogP contribution in [-0.4, -0.2) is 45.2 Å². The van der Waals surface area contributed by atoms with Crippen molar-refractivity contribution in [1.29, 1.82) is 0 Å². The molecule has 0 radical (unpaired) electrons. The minimum Gasteiger partial charge on any atom is -0.465 e. The van der Waals surface area contributed by atoms with Crippen molar-refractivity contribution in [3.8, 4) is 0 Å². The quantitative estimate of drug-likeness (QED) is 0.804. The molecule has 0 aromatic carbocycles. The molecule has 0 aliphatic carbocycles. The van der Waals surface area contributed by atoms with Gasteiger partial charge >= 0.3 is 6.09 Å². The van der Waals surface area contributed by atoms with Gasteiger partial charge in [-0.05, 0) is 19.8 Å². The molecule has 0 unspecified atom stereocenters. The standard InChI is InChI=1S/C11H15ClN4O2/c1-7-9(12)13-6-14-10(7)15-8-2-4-16(5-3-8)11(17)18/h6,8H,2-5H2,1H3,(H,17,18)(H,13,14,15). The predicted octanol–water partition coefficient (Wildman–Crippen LogP) is 1.99. The third kappa shape index (κ3) is 2.81. The third-order valence-corrected chi connectivity index (χ3v) is 3.51. The second-order valence-corrected chi connectivity index (χ2v) is 4.68. The van der Waals surface area contributed by atoms with E-state index in [1.54, 1.807) is 0 Å². The molecular weight excluding hydrogens is 256 g/mol. The van der Waals surface area contributed by atoms with E-state index in [9.17, 15) is 4.79 Å².